The highest BCUT2D eigenvalue weighted by Gasteiger charge is 2.20. The molecule has 0 bridgehead atoms. The third kappa shape index (κ3) is 3.32. The lowest BCUT2D eigenvalue weighted by atomic mass is 10.2. The molecule has 0 aliphatic carbocycles. The van der Waals surface area contributed by atoms with E-state index in [4.69, 9.17) is 4.74 Å². The van der Waals surface area contributed by atoms with Crippen molar-refractivity contribution in [2.75, 3.05) is 13.2 Å². The maximum absolute atomic E-state index is 12.1. The zero-order chi connectivity index (χ0) is 13.2. The van der Waals surface area contributed by atoms with Crippen molar-refractivity contribution in [2.24, 2.45) is 0 Å². The Kier molecular flexibility index (Phi) is 4.42. The zero-order valence-electron chi connectivity index (χ0n) is 10.1. The van der Waals surface area contributed by atoms with Crippen LogP contribution in [-0.4, -0.2) is 27.7 Å². The first kappa shape index (κ1) is 14.0. The standard InChI is InChI=1S/C12H16BrNO3S/c1-9-7-11(4-5-12(9)13)18(15,16)14-8-10-3-2-6-17-10/h4-5,7,10,14H,2-3,6,8H2,1H3/t10-/m1/s1. The van der Waals surface area contributed by atoms with E-state index in [0.29, 0.717) is 11.4 Å². The minimum atomic E-state index is -3.44. The molecule has 1 saturated heterocycles. The van der Waals surface area contributed by atoms with E-state index in [1.54, 1.807) is 18.2 Å². The summed E-state index contributed by atoms with van der Waals surface area (Å²) in [7, 11) is -3.44. The number of benzene rings is 1. The third-order valence-electron chi connectivity index (χ3n) is 2.96. The van der Waals surface area contributed by atoms with Crippen molar-refractivity contribution < 1.29 is 13.2 Å². The molecule has 0 spiro atoms. The third-order valence-corrected chi connectivity index (χ3v) is 5.28. The van der Waals surface area contributed by atoms with Crippen molar-refractivity contribution in [3.63, 3.8) is 0 Å². The highest BCUT2D eigenvalue weighted by molar-refractivity contribution is 9.10. The van der Waals surface area contributed by atoms with Crippen molar-refractivity contribution in [1.82, 2.24) is 4.72 Å². The molecule has 0 aromatic heterocycles. The molecule has 6 heteroatoms. The lowest BCUT2D eigenvalue weighted by Crippen LogP contribution is -2.31. The molecule has 0 saturated carbocycles. The first-order valence-corrected chi connectivity index (χ1v) is 8.14. The van der Waals surface area contributed by atoms with Crippen LogP contribution in [0.25, 0.3) is 0 Å². The number of halogens is 1. The molecule has 1 heterocycles. The van der Waals surface area contributed by atoms with Gasteiger partial charge in [0.25, 0.3) is 0 Å². The summed E-state index contributed by atoms with van der Waals surface area (Å²) in [6.45, 7) is 2.93. The molecule has 1 aliphatic rings. The minimum absolute atomic E-state index is 0.0105. The first-order valence-electron chi connectivity index (χ1n) is 5.86. The summed E-state index contributed by atoms with van der Waals surface area (Å²) in [6, 6.07) is 4.99. The molecular formula is C12H16BrNO3S. The van der Waals surface area contributed by atoms with Gasteiger partial charge in [0, 0.05) is 17.6 Å². The number of rotatable bonds is 4. The van der Waals surface area contributed by atoms with Gasteiger partial charge < -0.3 is 4.74 Å². The van der Waals surface area contributed by atoms with E-state index in [-0.39, 0.29) is 6.10 Å². The van der Waals surface area contributed by atoms with Gasteiger partial charge in [-0.2, -0.15) is 0 Å². The van der Waals surface area contributed by atoms with Crippen LogP contribution in [0.2, 0.25) is 0 Å². The molecule has 1 fully saturated rings. The van der Waals surface area contributed by atoms with E-state index in [1.807, 2.05) is 6.92 Å². The molecule has 100 valence electrons. The summed E-state index contributed by atoms with van der Waals surface area (Å²) < 4.78 is 33.0. The summed E-state index contributed by atoms with van der Waals surface area (Å²) >= 11 is 3.35. The van der Waals surface area contributed by atoms with Crippen LogP contribution in [0.4, 0.5) is 0 Å². The summed E-state index contributed by atoms with van der Waals surface area (Å²) in [5.41, 5.74) is 0.898. The van der Waals surface area contributed by atoms with Gasteiger partial charge >= 0.3 is 0 Å². The summed E-state index contributed by atoms with van der Waals surface area (Å²) in [4.78, 5) is 0.293. The van der Waals surface area contributed by atoms with Crippen LogP contribution in [0, 0.1) is 6.92 Å². The van der Waals surface area contributed by atoms with Crippen LogP contribution in [0.1, 0.15) is 18.4 Å². The lowest BCUT2D eigenvalue weighted by Gasteiger charge is -2.12. The highest BCUT2D eigenvalue weighted by Crippen LogP contribution is 2.20. The van der Waals surface area contributed by atoms with Gasteiger partial charge in [-0.25, -0.2) is 13.1 Å². The minimum Gasteiger partial charge on any atom is -0.377 e. The molecular weight excluding hydrogens is 318 g/mol. The molecule has 0 unspecified atom stereocenters. The number of hydrogen-bond acceptors (Lipinski definition) is 3. The fourth-order valence-corrected chi connectivity index (χ4v) is 3.27. The number of sulfonamides is 1. The summed E-state index contributed by atoms with van der Waals surface area (Å²) in [5.74, 6) is 0. The van der Waals surface area contributed by atoms with Crippen molar-refractivity contribution in [1.29, 1.82) is 0 Å². The molecule has 1 N–H and O–H groups in total. The predicted molar refractivity (Wildman–Crippen MR) is 73.0 cm³/mol. The van der Waals surface area contributed by atoms with E-state index in [2.05, 4.69) is 20.7 Å². The Bertz CT molecular complexity index is 524. The second-order valence-corrected chi connectivity index (χ2v) is 7.02. The fourth-order valence-electron chi connectivity index (χ4n) is 1.88. The lowest BCUT2D eigenvalue weighted by molar-refractivity contribution is 0.114. The average molecular weight is 334 g/mol. The Morgan fingerprint density at radius 3 is 2.89 bits per heavy atom. The van der Waals surface area contributed by atoms with Gasteiger partial charge in [0.05, 0.1) is 11.0 Å². The SMILES string of the molecule is Cc1cc(S(=O)(=O)NC[C@H]2CCCO2)ccc1Br. The van der Waals surface area contributed by atoms with E-state index in [0.717, 1.165) is 29.5 Å². The molecule has 1 aromatic rings. The Hall–Kier alpha value is -0.430. The molecule has 1 aliphatic heterocycles. The molecule has 4 nitrogen and oxygen atoms in total. The Morgan fingerprint density at radius 2 is 2.28 bits per heavy atom. The van der Waals surface area contributed by atoms with Crippen LogP contribution >= 0.6 is 15.9 Å². The number of ether oxygens (including phenoxy) is 1. The van der Waals surface area contributed by atoms with Crippen LogP contribution in [0.5, 0.6) is 0 Å². The molecule has 0 amide bonds. The molecule has 2 rings (SSSR count). The topological polar surface area (TPSA) is 55.4 Å². The van der Waals surface area contributed by atoms with Gasteiger partial charge in [0.15, 0.2) is 0 Å². The molecule has 1 atom stereocenters. The molecule has 1 aromatic carbocycles. The van der Waals surface area contributed by atoms with Crippen LogP contribution in [0.15, 0.2) is 27.6 Å². The largest absolute Gasteiger partial charge is 0.377 e. The van der Waals surface area contributed by atoms with Crippen LogP contribution in [-0.2, 0) is 14.8 Å². The average Bonchev–Trinajstić information content (AvgIpc) is 2.83. The van der Waals surface area contributed by atoms with Gasteiger partial charge in [0.2, 0.25) is 10.0 Å². The highest BCUT2D eigenvalue weighted by atomic mass is 79.9. The second-order valence-electron chi connectivity index (χ2n) is 4.40. The second kappa shape index (κ2) is 5.69. The van der Waals surface area contributed by atoms with E-state index in [9.17, 15) is 8.42 Å². The predicted octanol–water partition coefficient (Wildman–Crippen LogP) is 2.21. The van der Waals surface area contributed by atoms with Gasteiger partial charge in [-0.05, 0) is 43.5 Å². The maximum atomic E-state index is 12.1. The maximum Gasteiger partial charge on any atom is 0.240 e. The van der Waals surface area contributed by atoms with Crippen molar-refractivity contribution in [3.05, 3.63) is 28.2 Å². The zero-order valence-corrected chi connectivity index (χ0v) is 12.6. The Balaban J connectivity index is 2.07. The Labute approximate surface area is 116 Å². The number of nitrogens with one attached hydrogen (secondary N) is 1. The van der Waals surface area contributed by atoms with E-state index >= 15 is 0 Å². The monoisotopic (exact) mass is 333 g/mol. The fraction of sp³-hybridized carbons (Fsp3) is 0.500. The Morgan fingerprint density at radius 1 is 1.50 bits per heavy atom. The number of aryl methyl sites for hydroxylation is 1. The van der Waals surface area contributed by atoms with Gasteiger partial charge in [-0.3, -0.25) is 0 Å². The van der Waals surface area contributed by atoms with Crippen molar-refractivity contribution in [3.8, 4) is 0 Å². The van der Waals surface area contributed by atoms with Crippen LogP contribution < -0.4 is 4.72 Å². The normalized spacial score (nSPS) is 20.2. The van der Waals surface area contributed by atoms with Crippen molar-refractivity contribution >= 4 is 26.0 Å². The molecule has 0 radical (unpaired) electrons. The quantitative estimate of drug-likeness (QED) is 0.919. The van der Waals surface area contributed by atoms with Gasteiger partial charge in [-0.1, -0.05) is 15.9 Å². The van der Waals surface area contributed by atoms with Crippen LogP contribution in [0.3, 0.4) is 0 Å². The van der Waals surface area contributed by atoms with Gasteiger partial charge in [0.1, 0.15) is 0 Å². The van der Waals surface area contributed by atoms with Gasteiger partial charge in [-0.15, -0.1) is 0 Å². The number of hydrogen-bond donors (Lipinski definition) is 1. The first-order chi connectivity index (χ1) is 8.49. The summed E-state index contributed by atoms with van der Waals surface area (Å²) in [5, 5.41) is 0. The van der Waals surface area contributed by atoms with E-state index < -0.39 is 10.0 Å². The summed E-state index contributed by atoms with van der Waals surface area (Å²) in [6.07, 6.45) is 1.93. The molecule has 18 heavy (non-hydrogen) atoms. The van der Waals surface area contributed by atoms with Crippen molar-refractivity contribution in [2.45, 2.75) is 30.8 Å². The smallest absolute Gasteiger partial charge is 0.240 e. The van der Waals surface area contributed by atoms with E-state index in [1.165, 1.54) is 0 Å².